The summed E-state index contributed by atoms with van der Waals surface area (Å²) in [7, 11) is 3.05. The van der Waals surface area contributed by atoms with Crippen LogP contribution in [0.1, 0.15) is 148 Å². The number of cyclic esters (lactones) is 1. The number of hydrogen-bond donors (Lipinski definition) is 1. The fraction of sp³-hybridized carbons (Fsp3) is 0.655. The Morgan fingerprint density at radius 2 is 1.71 bits per heavy atom. The van der Waals surface area contributed by atoms with Crippen LogP contribution in [0.25, 0.3) is 22.3 Å². The summed E-state index contributed by atoms with van der Waals surface area (Å²) in [5, 5.41) is 12.0. The third-order valence-electron chi connectivity index (χ3n) is 17.7. The van der Waals surface area contributed by atoms with Gasteiger partial charge >= 0.3 is 18.3 Å². The summed E-state index contributed by atoms with van der Waals surface area (Å²) in [5.74, 6) is 5.43. The Bertz CT molecular complexity index is 2560. The van der Waals surface area contributed by atoms with Gasteiger partial charge in [0.15, 0.2) is 5.60 Å². The third kappa shape index (κ3) is 9.37. The number of esters is 1. The standard InChI is InChI=1S/C55H72N2O10S2/c1-8-37-39-28-35(14-18-46(39)56-48-40(37)30-57-47(48)29-45-41(49(57)58)31-65-50(59)55(45,62)9-2)66-51(60)63-23-25-68-69-26-24-64-52(61)67-36-19-21-53(6)34(27-36)13-15-38-43-17-16-42(33(5)12-10-11-32(3)4)54(43,7)22-20-44(38)53/h13-14,18,28-29,32-33,36,38,42-44,62H,8-12,15-17,19-27,30-31H2,1-7H3/t33-,36+,38+,42-,43+,44+,53+,54-,55+/m1/s1. The number of pyridine rings is 2. The zero-order valence-corrected chi connectivity index (χ0v) is 43.3. The van der Waals surface area contributed by atoms with Crippen LogP contribution in [0, 0.1) is 46.3 Å². The molecular weight excluding hydrogens is 913 g/mol. The summed E-state index contributed by atoms with van der Waals surface area (Å²) in [4.78, 5) is 56.7. The van der Waals surface area contributed by atoms with E-state index in [1.807, 2.05) is 6.92 Å². The molecule has 0 saturated heterocycles. The van der Waals surface area contributed by atoms with E-state index < -0.39 is 23.9 Å². The second kappa shape index (κ2) is 20.2. The van der Waals surface area contributed by atoms with Crippen molar-refractivity contribution in [3.8, 4) is 17.1 Å². The first-order chi connectivity index (χ1) is 33.1. The van der Waals surface area contributed by atoms with Crippen molar-refractivity contribution in [3.05, 3.63) is 68.5 Å². The molecule has 0 radical (unpaired) electrons. The first-order valence-corrected chi connectivity index (χ1v) is 28.3. The number of allylic oxidation sites excluding steroid dienone is 1. The lowest BCUT2D eigenvalue weighted by molar-refractivity contribution is -0.172. The van der Waals surface area contributed by atoms with Crippen molar-refractivity contribution in [1.82, 2.24) is 9.55 Å². The summed E-state index contributed by atoms with van der Waals surface area (Å²) in [6.45, 7) is 16.6. The molecule has 2 aliphatic heterocycles. The van der Waals surface area contributed by atoms with Gasteiger partial charge in [0, 0.05) is 34.4 Å². The minimum Gasteiger partial charge on any atom is -0.458 e. The minimum atomic E-state index is -1.90. The molecule has 1 aromatic carbocycles. The van der Waals surface area contributed by atoms with E-state index in [0.29, 0.717) is 46.0 Å². The number of rotatable bonds is 16. The van der Waals surface area contributed by atoms with E-state index >= 15 is 0 Å². The molecule has 12 nitrogen and oxygen atoms in total. The van der Waals surface area contributed by atoms with Gasteiger partial charge in [-0.15, -0.1) is 0 Å². The number of carbonyl (C=O) groups excluding carboxylic acids is 3. The van der Waals surface area contributed by atoms with Gasteiger partial charge < -0.3 is 33.4 Å². The van der Waals surface area contributed by atoms with Gasteiger partial charge in [-0.25, -0.2) is 19.4 Å². The molecule has 2 aromatic heterocycles. The van der Waals surface area contributed by atoms with Crippen LogP contribution >= 0.6 is 21.6 Å². The number of nitrogens with zero attached hydrogens (tertiary/aromatic N) is 2. The molecule has 6 aliphatic rings. The van der Waals surface area contributed by atoms with Crippen molar-refractivity contribution in [2.75, 3.05) is 24.7 Å². The van der Waals surface area contributed by atoms with Crippen molar-refractivity contribution in [2.24, 2.45) is 46.3 Å². The number of aromatic nitrogens is 2. The molecule has 69 heavy (non-hydrogen) atoms. The number of carbonyl (C=O) groups is 3. The second-order valence-electron chi connectivity index (χ2n) is 21.8. The van der Waals surface area contributed by atoms with Gasteiger partial charge in [-0.1, -0.05) is 101 Å². The van der Waals surface area contributed by atoms with Crippen molar-refractivity contribution in [1.29, 1.82) is 0 Å². The van der Waals surface area contributed by atoms with Gasteiger partial charge in [-0.3, -0.25) is 4.79 Å². The van der Waals surface area contributed by atoms with E-state index in [9.17, 15) is 24.3 Å². The lowest BCUT2D eigenvalue weighted by Gasteiger charge is -2.58. The van der Waals surface area contributed by atoms with E-state index in [0.717, 1.165) is 71.3 Å². The molecule has 4 aliphatic carbocycles. The predicted octanol–water partition coefficient (Wildman–Crippen LogP) is 12.1. The largest absolute Gasteiger partial charge is 0.513 e. The number of fused-ring (bicyclic) bond motifs is 10. The first kappa shape index (κ1) is 50.0. The van der Waals surface area contributed by atoms with E-state index in [4.69, 9.17) is 28.7 Å². The number of benzene rings is 1. The molecule has 1 N–H and O–H groups in total. The lowest BCUT2D eigenvalue weighted by atomic mass is 9.47. The monoisotopic (exact) mass is 984 g/mol. The van der Waals surface area contributed by atoms with Crippen LogP contribution in [-0.4, -0.2) is 63.8 Å². The zero-order chi connectivity index (χ0) is 48.8. The van der Waals surface area contributed by atoms with Gasteiger partial charge in [0.05, 0.1) is 29.0 Å². The Kier molecular flexibility index (Phi) is 14.7. The van der Waals surface area contributed by atoms with Crippen LogP contribution in [0.4, 0.5) is 9.59 Å². The van der Waals surface area contributed by atoms with Crippen LogP contribution in [0.3, 0.4) is 0 Å². The first-order valence-electron chi connectivity index (χ1n) is 25.8. The molecule has 0 unspecified atom stereocenters. The summed E-state index contributed by atoms with van der Waals surface area (Å²) in [5.41, 5.74) is 4.13. The molecule has 3 saturated carbocycles. The maximum absolute atomic E-state index is 13.7. The Hall–Kier alpha value is -4.01. The third-order valence-corrected chi connectivity index (χ3v) is 20.0. The van der Waals surface area contributed by atoms with E-state index in [1.165, 1.54) is 78.5 Å². The fourth-order valence-electron chi connectivity index (χ4n) is 14.1. The minimum absolute atomic E-state index is 0.0659. The molecule has 4 heterocycles. The summed E-state index contributed by atoms with van der Waals surface area (Å²) < 4.78 is 29.1. The van der Waals surface area contributed by atoms with Crippen LogP contribution in [0.15, 0.2) is 40.7 Å². The topological polar surface area (TPSA) is 152 Å². The number of hydrogen-bond acceptors (Lipinski definition) is 13. The molecule has 9 atom stereocenters. The smallest absolute Gasteiger partial charge is 0.458 e. The Labute approximate surface area is 415 Å². The van der Waals surface area contributed by atoms with Crippen molar-refractivity contribution >= 4 is 50.8 Å². The van der Waals surface area contributed by atoms with E-state index in [-0.39, 0.29) is 61.0 Å². The molecule has 0 spiro atoms. The number of aliphatic hydroxyl groups is 1. The van der Waals surface area contributed by atoms with Crippen molar-refractivity contribution in [2.45, 2.75) is 157 Å². The van der Waals surface area contributed by atoms with Crippen molar-refractivity contribution < 1.29 is 43.2 Å². The highest BCUT2D eigenvalue weighted by Gasteiger charge is 2.59. The summed E-state index contributed by atoms with van der Waals surface area (Å²) in [6, 6.07) is 6.88. The molecule has 3 aromatic rings. The number of aryl methyl sites for hydroxylation is 1. The van der Waals surface area contributed by atoms with Gasteiger partial charge in [-0.2, -0.15) is 0 Å². The second-order valence-corrected chi connectivity index (χ2v) is 24.5. The molecule has 9 rings (SSSR count). The summed E-state index contributed by atoms with van der Waals surface area (Å²) in [6.07, 6.45) is 15.2. The molecule has 0 bridgehead atoms. The fourth-order valence-corrected chi connectivity index (χ4v) is 15.7. The highest BCUT2D eigenvalue weighted by Crippen LogP contribution is 2.67. The average molecular weight is 985 g/mol. The molecule has 374 valence electrons. The molecule has 3 fully saturated rings. The SMILES string of the molecule is CCc1c2c(nc3ccc(OC(=O)OCCSSCCOC(=O)O[C@H]4CC[C@@]5(C)C(=CC[C@H]6[C@@H]7CC[C@H]([C@H](C)CCCC(C)C)[C@@]7(C)CC[C@@H]65)C4)cc13)-c1cc3c(c(=O)n1C2)COC(=O)[C@]3(O)CC. The van der Waals surface area contributed by atoms with Crippen LogP contribution < -0.4 is 10.3 Å². The lowest BCUT2D eigenvalue weighted by Crippen LogP contribution is -2.51. The quantitative estimate of drug-likeness (QED) is 0.0283. The maximum atomic E-state index is 13.7. The van der Waals surface area contributed by atoms with Gasteiger partial charge in [0.2, 0.25) is 0 Å². The van der Waals surface area contributed by atoms with E-state index in [2.05, 4.69) is 40.7 Å². The van der Waals surface area contributed by atoms with E-state index in [1.54, 1.807) is 35.8 Å². The predicted molar refractivity (Wildman–Crippen MR) is 270 cm³/mol. The average Bonchev–Trinajstić information content (AvgIpc) is 3.88. The molecule has 0 amide bonds. The Morgan fingerprint density at radius 3 is 2.45 bits per heavy atom. The Morgan fingerprint density at radius 1 is 0.942 bits per heavy atom. The number of ether oxygens (including phenoxy) is 5. The Balaban J connectivity index is 0.692. The normalized spacial score (nSPS) is 29.1. The summed E-state index contributed by atoms with van der Waals surface area (Å²) >= 11 is 0. The van der Waals surface area contributed by atoms with Gasteiger partial charge in [0.25, 0.3) is 5.56 Å². The maximum Gasteiger partial charge on any atom is 0.513 e. The highest BCUT2D eigenvalue weighted by molar-refractivity contribution is 8.76. The van der Waals surface area contributed by atoms with Gasteiger partial charge in [0.1, 0.15) is 31.7 Å². The van der Waals surface area contributed by atoms with Crippen LogP contribution in [0.2, 0.25) is 0 Å². The zero-order valence-electron chi connectivity index (χ0n) is 41.7. The molecular formula is C55H72N2O10S2. The van der Waals surface area contributed by atoms with Gasteiger partial charge in [-0.05, 0) is 134 Å². The van der Waals surface area contributed by atoms with Crippen LogP contribution in [-0.2, 0) is 48.9 Å². The molecule has 14 heteroatoms. The highest BCUT2D eigenvalue weighted by atomic mass is 33.1. The van der Waals surface area contributed by atoms with Crippen molar-refractivity contribution in [3.63, 3.8) is 0 Å². The van der Waals surface area contributed by atoms with Crippen LogP contribution in [0.5, 0.6) is 5.75 Å².